The molecule has 0 saturated carbocycles. The van der Waals surface area contributed by atoms with Gasteiger partial charge in [-0.25, -0.2) is 9.97 Å². The second-order valence-electron chi connectivity index (χ2n) is 12.2. The van der Waals surface area contributed by atoms with Gasteiger partial charge in [-0.2, -0.15) is 18.4 Å². The summed E-state index contributed by atoms with van der Waals surface area (Å²) in [6.07, 6.45) is 0.0271. The third-order valence-corrected chi connectivity index (χ3v) is 9.98. The maximum absolute atomic E-state index is 12.9. The molecule has 0 aliphatic carbocycles. The number of carbonyl (C=O) groups is 1. The third-order valence-electron chi connectivity index (χ3n) is 8.94. The Morgan fingerprint density at radius 3 is 2.62 bits per heavy atom. The molecular weight excluding hydrogens is 629 g/mol. The molecule has 2 N–H and O–H groups in total. The van der Waals surface area contributed by atoms with Gasteiger partial charge in [-0.05, 0) is 43.5 Å². The number of piperidine rings is 1. The number of thiophene rings is 1. The van der Waals surface area contributed by atoms with Crippen LogP contribution in [0.1, 0.15) is 35.4 Å². The van der Waals surface area contributed by atoms with Gasteiger partial charge in [0.05, 0.1) is 24.4 Å². The number of anilines is 1. The van der Waals surface area contributed by atoms with Crippen molar-refractivity contribution in [1.29, 1.82) is 5.26 Å². The quantitative estimate of drug-likeness (QED) is 0.213. The molecule has 6 rings (SSSR count). The molecule has 2 saturated heterocycles. The Labute approximate surface area is 274 Å². The molecule has 1 atom stereocenters. The Morgan fingerprint density at radius 2 is 1.89 bits per heavy atom. The Hall–Kier alpha value is -4.19. The summed E-state index contributed by atoms with van der Waals surface area (Å²) in [6, 6.07) is 10.2. The summed E-state index contributed by atoms with van der Waals surface area (Å²) in [5.41, 5.74) is 2.59. The van der Waals surface area contributed by atoms with Gasteiger partial charge in [0.25, 0.3) is 0 Å². The second-order valence-corrected chi connectivity index (χ2v) is 13.3. The standard InChI is InChI=1S/C33H37F3N8O2S/c1-3-30(45)40-24-6-9-43(19-24)10-11-44-25(17-37)13-21-12-22(29(46-2)15-28(21)44)18-42-7-4-23(5-8-42)41-31-27-14-26(16-33(34,35)36)47-32(27)39-20-38-31/h3,12-15,20,23-24H,1,4-11,16,18-19H2,2H3,(H,40,45)(H,38,39,41)/t24-/m1/s1. The number of methoxy groups -OCH3 is 1. The maximum Gasteiger partial charge on any atom is 0.393 e. The van der Waals surface area contributed by atoms with Crippen LogP contribution in [-0.4, -0.2) is 88.3 Å². The van der Waals surface area contributed by atoms with Crippen molar-refractivity contribution in [3.63, 3.8) is 0 Å². The fourth-order valence-corrected chi connectivity index (χ4v) is 7.64. The zero-order valence-corrected chi connectivity index (χ0v) is 27.0. The van der Waals surface area contributed by atoms with Gasteiger partial charge in [0.1, 0.15) is 34.5 Å². The first kappa shape index (κ1) is 32.7. The molecular formula is C33H37F3N8O2S. The number of benzene rings is 1. The van der Waals surface area contributed by atoms with Crippen molar-refractivity contribution in [3.05, 3.63) is 59.4 Å². The van der Waals surface area contributed by atoms with Gasteiger partial charge in [-0.15, -0.1) is 11.3 Å². The molecule has 3 aromatic heterocycles. The number of aromatic nitrogens is 3. The van der Waals surface area contributed by atoms with Crippen LogP contribution in [0.5, 0.6) is 5.75 Å². The lowest BCUT2D eigenvalue weighted by atomic mass is 10.0. The first-order valence-corrected chi connectivity index (χ1v) is 16.5. The van der Waals surface area contributed by atoms with Gasteiger partial charge in [0.15, 0.2) is 0 Å². The summed E-state index contributed by atoms with van der Waals surface area (Å²) >= 11 is 1.05. The number of nitrogens with one attached hydrogen (secondary N) is 2. The first-order valence-electron chi connectivity index (χ1n) is 15.7. The van der Waals surface area contributed by atoms with Crippen molar-refractivity contribution < 1.29 is 22.7 Å². The number of carbonyl (C=O) groups excluding carboxylic acids is 1. The highest BCUT2D eigenvalue weighted by atomic mass is 32.1. The molecule has 5 heterocycles. The van der Waals surface area contributed by atoms with Crippen molar-refractivity contribution in [3.8, 4) is 11.8 Å². The lowest BCUT2D eigenvalue weighted by Crippen LogP contribution is -2.38. The van der Waals surface area contributed by atoms with E-state index in [0.717, 1.165) is 85.5 Å². The van der Waals surface area contributed by atoms with Crippen LogP contribution in [0.4, 0.5) is 19.0 Å². The van der Waals surface area contributed by atoms with Crippen LogP contribution in [0.15, 0.2) is 43.2 Å². The lowest BCUT2D eigenvalue weighted by molar-refractivity contribution is -0.126. The molecule has 248 valence electrons. The molecule has 0 unspecified atom stereocenters. The van der Waals surface area contributed by atoms with Crippen LogP contribution in [0, 0.1) is 11.3 Å². The second kappa shape index (κ2) is 13.9. The van der Waals surface area contributed by atoms with E-state index in [2.05, 4.69) is 49.1 Å². The SMILES string of the molecule is C=CC(=O)N[C@@H]1CCN(CCn2c(C#N)cc3cc(CN4CCC(Nc5ncnc6sc(CC(F)(F)F)cc56)CC4)c(OC)cc32)C1. The monoisotopic (exact) mass is 666 g/mol. The number of nitrogens with zero attached hydrogens (tertiary/aromatic N) is 6. The van der Waals surface area contributed by atoms with Gasteiger partial charge in [0.2, 0.25) is 5.91 Å². The molecule has 2 aliphatic rings. The first-order chi connectivity index (χ1) is 22.6. The van der Waals surface area contributed by atoms with E-state index in [1.54, 1.807) is 13.2 Å². The summed E-state index contributed by atoms with van der Waals surface area (Å²) in [5, 5.41) is 18.0. The van der Waals surface area contributed by atoms with Crippen molar-refractivity contribution in [2.45, 2.75) is 57.0 Å². The molecule has 0 bridgehead atoms. The van der Waals surface area contributed by atoms with E-state index in [1.165, 1.54) is 12.4 Å². The summed E-state index contributed by atoms with van der Waals surface area (Å²) in [7, 11) is 1.66. The van der Waals surface area contributed by atoms with Crippen LogP contribution in [0.2, 0.25) is 0 Å². The molecule has 10 nitrogen and oxygen atoms in total. The van der Waals surface area contributed by atoms with E-state index >= 15 is 0 Å². The summed E-state index contributed by atoms with van der Waals surface area (Å²) in [6.45, 7) is 8.90. The molecule has 14 heteroatoms. The summed E-state index contributed by atoms with van der Waals surface area (Å²) in [5.74, 6) is 1.19. The number of alkyl halides is 3. The van der Waals surface area contributed by atoms with E-state index in [-0.39, 0.29) is 22.9 Å². The average molecular weight is 667 g/mol. The van der Waals surface area contributed by atoms with Crippen molar-refractivity contribution in [2.75, 3.05) is 45.2 Å². The minimum Gasteiger partial charge on any atom is -0.496 e. The topological polar surface area (TPSA) is 111 Å². The lowest BCUT2D eigenvalue weighted by Gasteiger charge is -2.33. The maximum atomic E-state index is 12.9. The number of likely N-dealkylation sites (tertiary alicyclic amines) is 2. The van der Waals surface area contributed by atoms with Crippen molar-refractivity contribution in [1.82, 2.24) is 29.7 Å². The molecule has 0 radical (unpaired) electrons. The van der Waals surface area contributed by atoms with E-state index in [0.29, 0.717) is 34.8 Å². The fourth-order valence-electron chi connectivity index (χ4n) is 6.61. The number of halogens is 3. The Bertz CT molecular complexity index is 1810. The zero-order chi connectivity index (χ0) is 33.1. The highest BCUT2D eigenvalue weighted by Gasteiger charge is 2.29. The number of ether oxygens (including phenoxy) is 1. The molecule has 2 fully saturated rings. The van der Waals surface area contributed by atoms with Gasteiger partial charge >= 0.3 is 6.18 Å². The minimum atomic E-state index is -4.27. The largest absolute Gasteiger partial charge is 0.496 e. The number of rotatable bonds is 11. The molecule has 47 heavy (non-hydrogen) atoms. The fraction of sp³-hybridized carbons (Fsp3) is 0.455. The summed E-state index contributed by atoms with van der Waals surface area (Å²) < 4.78 is 46.7. The highest BCUT2D eigenvalue weighted by molar-refractivity contribution is 7.18. The smallest absolute Gasteiger partial charge is 0.393 e. The van der Waals surface area contributed by atoms with E-state index in [1.807, 2.05) is 16.7 Å². The number of nitriles is 1. The van der Waals surface area contributed by atoms with Crippen LogP contribution < -0.4 is 15.4 Å². The normalized spacial score (nSPS) is 18.1. The molecule has 1 aromatic carbocycles. The van der Waals surface area contributed by atoms with Crippen LogP contribution in [0.25, 0.3) is 21.1 Å². The zero-order valence-electron chi connectivity index (χ0n) is 26.1. The molecule has 0 spiro atoms. The van der Waals surface area contributed by atoms with Crippen molar-refractivity contribution >= 4 is 44.2 Å². The van der Waals surface area contributed by atoms with Crippen LogP contribution >= 0.6 is 11.3 Å². The van der Waals surface area contributed by atoms with Crippen LogP contribution in [0.3, 0.4) is 0 Å². The Balaban J connectivity index is 1.08. The van der Waals surface area contributed by atoms with E-state index in [4.69, 9.17) is 4.74 Å². The van der Waals surface area contributed by atoms with E-state index < -0.39 is 12.6 Å². The molecule has 1 amide bonds. The number of hydrogen-bond acceptors (Lipinski definition) is 9. The third kappa shape index (κ3) is 7.69. The average Bonchev–Trinajstić information content (AvgIpc) is 3.76. The van der Waals surface area contributed by atoms with Gasteiger partial charge in [-0.1, -0.05) is 6.58 Å². The molecule has 2 aliphatic heterocycles. The highest BCUT2D eigenvalue weighted by Crippen LogP contribution is 2.34. The number of fused-ring (bicyclic) bond motifs is 2. The van der Waals surface area contributed by atoms with Crippen LogP contribution in [-0.2, 0) is 24.3 Å². The Kier molecular flexibility index (Phi) is 9.67. The summed E-state index contributed by atoms with van der Waals surface area (Å²) in [4.78, 5) is 25.6. The Morgan fingerprint density at radius 1 is 1.13 bits per heavy atom. The predicted octanol–water partition coefficient (Wildman–Crippen LogP) is 5.08. The van der Waals surface area contributed by atoms with Gasteiger partial charge in [0, 0.05) is 79.8 Å². The molecule has 4 aromatic rings. The van der Waals surface area contributed by atoms with Gasteiger partial charge in [-0.3, -0.25) is 14.6 Å². The number of amides is 1. The number of hydrogen-bond donors (Lipinski definition) is 2. The predicted molar refractivity (Wildman–Crippen MR) is 175 cm³/mol. The minimum absolute atomic E-state index is 0.102. The van der Waals surface area contributed by atoms with Gasteiger partial charge < -0.3 is 19.9 Å². The van der Waals surface area contributed by atoms with Crippen molar-refractivity contribution in [2.24, 2.45) is 0 Å². The van der Waals surface area contributed by atoms with E-state index in [9.17, 15) is 23.2 Å².